The van der Waals surface area contributed by atoms with Crippen LogP contribution in [0.1, 0.15) is 5.56 Å². The van der Waals surface area contributed by atoms with Crippen molar-refractivity contribution in [3.63, 3.8) is 0 Å². The number of rotatable bonds is 6. The van der Waals surface area contributed by atoms with Crippen LogP contribution in [0.2, 0.25) is 0 Å². The van der Waals surface area contributed by atoms with E-state index in [0.717, 1.165) is 16.2 Å². The fourth-order valence-corrected chi connectivity index (χ4v) is 2.68. The molecule has 20 heavy (non-hydrogen) atoms. The van der Waals surface area contributed by atoms with Crippen LogP contribution in [0.5, 0.6) is 5.75 Å². The van der Waals surface area contributed by atoms with Gasteiger partial charge in [-0.05, 0) is 41.1 Å². The van der Waals surface area contributed by atoms with Crippen molar-refractivity contribution in [1.82, 2.24) is 5.43 Å². The van der Waals surface area contributed by atoms with Crippen LogP contribution in [0.15, 0.2) is 51.1 Å². The topological polar surface area (TPSA) is 50.7 Å². The number of methoxy groups -OCH3 is 1. The average molecular weight is 306 g/mol. The van der Waals surface area contributed by atoms with Crippen molar-refractivity contribution >= 4 is 35.2 Å². The largest absolute Gasteiger partial charge is 0.497 e. The van der Waals surface area contributed by atoms with Crippen LogP contribution in [0.25, 0.3) is 0 Å². The third-order valence-corrected chi connectivity index (χ3v) is 4.09. The molecular formula is C14H14N2O2S2. The lowest BCUT2D eigenvalue weighted by molar-refractivity contribution is -0.118. The maximum atomic E-state index is 11.6. The highest BCUT2D eigenvalue weighted by molar-refractivity contribution is 8.00. The van der Waals surface area contributed by atoms with Crippen molar-refractivity contribution < 1.29 is 9.53 Å². The standard InChI is InChI=1S/C14H14N2O2S2/c1-18-12-2-4-13(5-3-12)20-10-14(17)16-15-8-11-6-7-19-9-11/h2-9H,10H2,1H3,(H,16,17)/b15-8-. The number of hydrogen-bond donors (Lipinski definition) is 1. The first kappa shape index (κ1) is 14.6. The van der Waals surface area contributed by atoms with Crippen LogP contribution < -0.4 is 10.2 Å². The molecule has 0 saturated carbocycles. The highest BCUT2D eigenvalue weighted by Gasteiger charge is 2.01. The summed E-state index contributed by atoms with van der Waals surface area (Å²) < 4.78 is 5.08. The van der Waals surface area contributed by atoms with E-state index >= 15 is 0 Å². The van der Waals surface area contributed by atoms with E-state index in [1.54, 1.807) is 24.7 Å². The van der Waals surface area contributed by atoms with Gasteiger partial charge in [0.25, 0.3) is 0 Å². The lowest BCUT2D eigenvalue weighted by atomic mass is 10.3. The van der Waals surface area contributed by atoms with Crippen LogP contribution >= 0.6 is 23.1 Å². The Kier molecular flexibility index (Phi) is 5.64. The summed E-state index contributed by atoms with van der Waals surface area (Å²) in [7, 11) is 1.63. The van der Waals surface area contributed by atoms with Gasteiger partial charge in [0.15, 0.2) is 0 Å². The van der Waals surface area contributed by atoms with Crippen LogP contribution in [-0.4, -0.2) is 25.0 Å². The van der Waals surface area contributed by atoms with Crippen LogP contribution in [0.4, 0.5) is 0 Å². The maximum absolute atomic E-state index is 11.6. The SMILES string of the molecule is COc1ccc(SCC(=O)N/N=C\c2ccsc2)cc1. The van der Waals surface area contributed by atoms with Gasteiger partial charge in [-0.3, -0.25) is 4.79 Å². The first-order chi connectivity index (χ1) is 9.78. The molecule has 0 unspecified atom stereocenters. The van der Waals surface area contributed by atoms with Gasteiger partial charge < -0.3 is 4.74 Å². The van der Waals surface area contributed by atoms with Crippen molar-refractivity contribution in [2.45, 2.75) is 4.90 Å². The molecule has 104 valence electrons. The average Bonchev–Trinajstić information content (AvgIpc) is 2.99. The minimum Gasteiger partial charge on any atom is -0.497 e. The van der Waals surface area contributed by atoms with Crippen LogP contribution in [0, 0.1) is 0 Å². The number of carbonyl (C=O) groups excluding carboxylic acids is 1. The summed E-state index contributed by atoms with van der Waals surface area (Å²) in [5.74, 6) is 1.00. The molecule has 1 amide bonds. The summed E-state index contributed by atoms with van der Waals surface area (Å²) in [6.07, 6.45) is 1.63. The summed E-state index contributed by atoms with van der Waals surface area (Å²) >= 11 is 3.05. The van der Waals surface area contributed by atoms with Crippen LogP contribution in [0.3, 0.4) is 0 Å². The molecule has 0 fully saturated rings. The Hall–Kier alpha value is -1.79. The van der Waals surface area contributed by atoms with E-state index < -0.39 is 0 Å². The van der Waals surface area contributed by atoms with E-state index in [1.807, 2.05) is 41.1 Å². The van der Waals surface area contributed by atoms with Gasteiger partial charge in [-0.15, -0.1) is 11.8 Å². The Bertz CT molecular complexity index is 565. The second kappa shape index (κ2) is 7.72. The Labute approximate surface area is 125 Å². The molecule has 1 heterocycles. The van der Waals surface area contributed by atoms with E-state index in [-0.39, 0.29) is 5.91 Å². The van der Waals surface area contributed by atoms with Gasteiger partial charge in [-0.25, -0.2) is 5.43 Å². The molecule has 0 aliphatic carbocycles. The van der Waals surface area contributed by atoms with E-state index in [0.29, 0.717) is 5.75 Å². The fourth-order valence-electron chi connectivity index (χ4n) is 1.38. The smallest absolute Gasteiger partial charge is 0.250 e. The molecule has 0 saturated heterocycles. The second-order valence-corrected chi connectivity index (χ2v) is 5.64. The molecule has 1 aromatic carbocycles. The molecule has 6 heteroatoms. The number of hydrazone groups is 1. The summed E-state index contributed by atoms with van der Waals surface area (Å²) in [6, 6.07) is 9.52. The predicted molar refractivity (Wildman–Crippen MR) is 83.8 cm³/mol. The molecule has 0 bridgehead atoms. The van der Waals surface area contributed by atoms with E-state index in [9.17, 15) is 4.79 Å². The first-order valence-electron chi connectivity index (χ1n) is 5.89. The number of nitrogens with one attached hydrogen (secondary N) is 1. The third kappa shape index (κ3) is 4.71. The predicted octanol–water partition coefficient (Wildman–Crippen LogP) is 3.00. The normalized spacial score (nSPS) is 10.7. The van der Waals surface area contributed by atoms with Gasteiger partial charge >= 0.3 is 0 Å². The molecule has 4 nitrogen and oxygen atoms in total. The Morgan fingerprint density at radius 3 is 2.85 bits per heavy atom. The lowest BCUT2D eigenvalue weighted by Crippen LogP contribution is -2.19. The molecule has 0 atom stereocenters. The summed E-state index contributed by atoms with van der Waals surface area (Å²) in [4.78, 5) is 12.6. The van der Waals surface area contributed by atoms with Gasteiger partial charge in [-0.1, -0.05) is 0 Å². The molecule has 1 N–H and O–H groups in total. The summed E-state index contributed by atoms with van der Waals surface area (Å²) in [5, 5.41) is 7.82. The number of nitrogens with zero attached hydrogens (tertiary/aromatic N) is 1. The molecule has 1 aromatic heterocycles. The summed E-state index contributed by atoms with van der Waals surface area (Å²) in [6.45, 7) is 0. The van der Waals surface area contributed by atoms with Gasteiger partial charge in [0.1, 0.15) is 5.75 Å². The second-order valence-electron chi connectivity index (χ2n) is 3.81. The zero-order valence-corrected chi connectivity index (χ0v) is 12.5. The number of amides is 1. The Morgan fingerprint density at radius 1 is 1.40 bits per heavy atom. The third-order valence-electron chi connectivity index (χ3n) is 2.38. The van der Waals surface area contributed by atoms with E-state index in [2.05, 4.69) is 10.5 Å². The van der Waals surface area contributed by atoms with Crippen LogP contribution in [-0.2, 0) is 4.79 Å². The van der Waals surface area contributed by atoms with E-state index in [4.69, 9.17) is 4.74 Å². The van der Waals surface area contributed by atoms with Gasteiger partial charge in [0.2, 0.25) is 5.91 Å². The molecule has 0 spiro atoms. The zero-order chi connectivity index (χ0) is 14.2. The molecule has 2 aromatic rings. The monoisotopic (exact) mass is 306 g/mol. The number of thioether (sulfide) groups is 1. The number of ether oxygens (including phenoxy) is 1. The maximum Gasteiger partial charge on any atom is 0.250 e. The lowest BCUT2D eigenvalue weighted by Gasteiger charge is -2.02. The van der Waals surface area contributed by atoms with E-state index in [1.165, 1.54) is 11.8 Å². The van der Waals surface area contributed by atoms with Crippen molar-refractivity contribution in [2.24, 2.45) is 5.10 Å². The quantitative estimate of drug-likeness (QED) is 0.507. The molecule has 0 aliphatic heterocycles. The number of carbonyl (C=O) groups is 1. The molecule has 2 rings (SSSR count). The number of thiophene rings is 1. The zero-order valence-electron chi connectivity index (χ0n) is 10.9. The van der Waals surface area contributed by atoms with Gasteiger partial charge in [0, 0.05) is 10.5 Å². The van der Waals surface area contributed by atoms with Gasteiger partial charge in [0.05, 0.1) is 19.1 Å². The van der Waals surface area contributed by atoms with Crippen molar-refractivity contribution in [2.75, 3.05) is 12.9 Å². The molecular weight excluding hydrogens is 292 g/mol. The summed E-state index contributed by atoms with van der Waals surface area (Å²) in [5.41, 5.74) is 3.49. The Morgan fingerprint density at radius 2 is 2.20 bits per heavy atom. The minimum absolute atomic E-state index is 0.128. The van der Waals surface area contributed by atoms with Crippen molar-refractivity contribution in [1.29, 1.82) is 0 Å². The number of benzene rings is 1. The molecule has 0 aliphatic rings. The highest BCUT2D eigenvalue weighted by atomic mass is 32.2. The van der Waals surface area contributed by atoms with Crippen molar-refractivity contribution in [3.8, 4) is 5.75 Å². The first-order valence-corrected chi connectivity index (χ1v) is 7.82. The number of hydrogen-bond acceptors (Lipinski definition) is 5. The molecule has 0 radical (unpaired) electrons. The van der Waals surface area contributed by atoms with Crippen molar-refractivity contribution in [3.05, 3.63) is 46.7 Å². The highest BCUT2D eigenvalue weighted by Crippen LogP contribution is 2.20. The fraction of sp³-hybridized carbons (Fsp3) is 0.143. The van der Waals surface area contributed by atoms with Gasteiger partial charge in [-0.2, -0.15) is 16.4 Å². The minimum atomic E-state index is -0.128. The Balaban J connectivity index is 1.74.